The average Bonchev–Trinajstić information content (AvgIpc) is 3.05. The van der Waals surface area contributed by atoms with Gasteiger partial charge in [-0.15, -0.1) is 11.3 Å². The molecule has 1 fully saturated rings. The minimum absolute atomic E-state index is 0.142. The highest BCUT2D eigenvalue weighted by Gasteiger charge is 2.25. The maximum absolute atomic E-state index is 12.7. The predicted octanol–water partition coefficient (Wildman–Crippen LogP) is 3.85. The van der Waals surface area contributed by atoms with E-state index in [1.807, 2.05) is 32.5 Å². The van der Waals surface area contributed by atoms with Crippen LogP contribution in [0.2, 0.25) is 0 Å². The average molecular weight is 406 g/mol. The number of rotatable bonds is 5. The van der Waals surface area contributed by atoms with E-state index in [0.29, 0.717) is 5.25 Å². The molecule has 1 N–H and O–H groups in total. The molecule has 5 nitrogen and oxygen atoms in total. The fraction of sp³-hybridized carbons (Fsp3) is 0.550. The molecule has 0 radical (unpaired) electrons. The first-order chi connectivity index (χ1) is 12.9. The van der Waals surface area contributed by atoms with Crippen LogP contribution >= 0.6 is 23.1 Å². The van der Waals surface area contributed by atoms with Crippen molar-refractivity contribution >= 4 is 29.0 Å². The third kappa shape index (κ3) is 4.63. The van der Waals surface area contributed by atoms with Crippen molar-refractivity contribution in [1.82, 2.24) is 14.9 Å². The van der Waals surface area contributed by atoms with Crippen molar-refractivity contribution in [2.75, 3.05) is 0 Å². The van der Waals surface area contributed by atoms with Crippen LogP contribution in [0, 0.1) is 13.8 Å². The van der Waals surface area contributed by atoms with Gasteiger partial charge in [0.2, 0.25) is 0 Å². The highest BCUT2D eigenvalue weighted by Crippen LogP contribution is 2.35. The van der Waals surface area contributed by atoms with Crippen LogP contribution in [-0.2, 0) is 13.5 Å². The number of hydrogen-bond acceptors (Lipinski definition) is 5. The molecule has 2 heterocycles. The van der Waals surface area contributed by atoms with Gasteiger partial charge in [0.25, 0.3) is 11.5 Å². The normalized spacial score (nSPS) is 19.9. The Labute approximate surface area is 168 Å². The van der Waals surface area contributed by atoms with Gasteiger partial charge in [0.1, 0.15) is 9.90 Å². The van der Waals surface area contributed by atoms with E-state index in [1.165, 1.54) is 0 Å². The van der Waals surface area contributed by atoms with Crippen LogP contribution in [0.5, 0.6) is 0 Å². The lowest BCUT2D eigenvalue weighted by Crippen LogP contribution is -2.41. The van der Waals surface area contributed by atoms with E-state index in [0.717, 1.165) is 53.4 Å². The Morgan fingerprint density at radius 1 is 1.33 bits per heavy atom. The number of thioether (sulfide) groups is 1. The Hall–Kier alpha value is -1.60. The molecule has 1 saturated carbocycles. The Morgan fingerprint density at radius 3 is 2.63 bits per heavy atom. The summed E-state index contributed by atoms with van der Waals surface area (Å²) in [6.07, 6.45) is 4.78. The molecular formula is C20H27N3O2S2. The molecule has 0 bridgehead atoms. The van der Waals surface area contributed by atoms with Crippen molar-refractivity contribution in [3.63, 3.8) is 0 Å². The Balaban J connectivity index is 1.59. The molecule has 146 valence electrons. The molecule has 1 aliphatic carbocycles. The van der Waals surface area contributed by atoms with E-state index in [-0.39, 0.29) is 23.1 Å². The number of aromatic nitrogens is 2. The number of pyridine rings is 1. The van der Waals surface area contributed by atoms with E-state index in [1.54, 1.807) is 29.0 Å². The van der Waals surface area contributed by atoms with Gasteiger partial charge in [0.15, 0.2) is 0 Å². The summed E-state index contributed by atoms with van der Waals surface area (Å²) in [6.45, 7) is 5.99. The van der Waals surface area contributed by atoms with Gasteiger partial charge in [-0.3, -0.25) is 9.59 Å². The number of nitrogens with zero attached hydrogens (tertiary/aromatic N) is 2. The smallest absolute Gasteiger partial charge is 0.263 e. The second-order valence-corrected chi connectivity index (χ2v) is 9.63. The summed E-state index contributed by atoms with van der Waals surface area (Å²) in [7, 11) is 1.74. The van der Waals surface area contributed by atoms with Crippen molar-refractivity contribution in [1.29, 1.82) is 0 Å². The van der Waals surface area contributed by atoms with Crippen molar-refractivity contribution in [2.45, 2.75) is 68.5 Å². The van der Waals surface area contributed by atoms with Gasteiger partial charge in [0.05, 0.1) is 0 Å². The summed E-state index contributed by atoms with van der Waals surface area (Å²) >= 11 is 3.56. The van der Waals surface area contributed by atoms with Gasteiger partial charge >= 0.3 is 0 Å². The largest absolute Gasteiger partial charge is 0.349 e. The first kappa shape index (κ1) is 20.1. The Morgan fingerprint density at radius 2 is 2.04 bits per heavy atom. The first-order valence-electron chi connectivity index (χ1n) is 9.48. The molecular weight excluding hydrogens is 378 g/mol. The molecule has 0 unspecified atom stereocenters. The number of aryl methyl sites for hydroxylation is 2. The SMILES string of the molecule is CCc1c(C)cc(C(=O)NC2CCC(Sc3nc(C)cs3)CC2)c(=O)n1C. The monoisotopic (exact) mass is 405 g/mol. The fourth-order valence-corrected chi connectivity index (χ4v) is 6.01. The molecule has 2 aromatic rings. The van der Waals surface area contributed by atoms with E-state index in [2.05, 4.69) is 15.7 Å². The molecule has 3 rings (SSSR count). The van der Waals surface area contributed by atoms with E-state index >= 15 is 0 Å². The summed E-state index contributed by atoms with van der Waals surface area (Å²) in [4.78, 5) is 29.7. The topological polar surface area (TPSA) is 64.0 Å². The van der Waals surface area contributed by atoms with Crippen molar-refractivity contribution in [3.8, 4) is 0 Å². The zero-order chi connectivity index (χ0) is 19.6. The molecule has 1 amide bonds. The third-order valence-corrected chi connectivity index (χ3v) is 7.64. The molecule has 7 heteroatoms. The van der Waals surface area contributed by atoms with Crippen molar-refractivity contribution in [2.24, 2.45) is 7.05 Å². The highest BCUT2D eigenvalue weighted by atomic mass is 32.2. The van der Waals surface area contributed by atoms with Gasteiger partial charge in [0, 0.05) is 35.1 Å². The number of nitrogens with one attached hydrogen (secondary N) is 1. The summed E-state index contributed by atoms with van der Waals surface area (Å²) in [6, 6.07) is 1.88. The fourth-order valence-electron chi connectivity index (χ4n) is 3.73. The second-order valence-electron chi connectivity index (χ2n) is 7.23. The maximum atomic E-state index is 12.7. The zero-order valence-corrected chi connectivity index (χ0v) is 18.0. The molecule has 0 aromatic carbocycles. The van der Waals surface area contributed by atoms with Crippen LogP contribution in [0.4, 0.5) is 0 Å². The van der Waals surface area contributed by atoms with E-state index in [9.17, 15) is 9.59 Å². The zero-order valence-electron chi connectivity index (χ0n) is 16.4. The van der Waals surface area contributed by atoms with Gasteiger partial charge in [-0.25, -0.2) is 4.98 Å². The lowest BCUT2D eigenvalue weighted by atomic mass is 9.94. The van der Waals surface area contributed by atoms with Gasteiger partial charge in [-0.05, 0) is 57.6 Å². The molecule has 0 saturated heterocycles. The van der Waals surface area contributed by atoms with Gasteiger partial charge in [-0.2, -0.15) is 0 Å². The van der Waals surface area contributed by atoms with Crippen LogP contribution in [0.3, 0.4) is 0 Å². The van der Waals surface area contributed by atoms with Crippen LogP contribution in [0.1, 0.15) is 59.9 Å². The maximum Gasteiger partial charge on any atom is 0.263 e. The summed E-state index contributed by atoms with van der Waals surface area (Å²) in [5, 5.41) is 5.72. The van der Waals surface area contributed by atoms with Crippen LogP contribution in [0.15, 0.2) is 20.6 Å². The Bertz CT molecular complexity index is 880. The number of hydrogen-bond donors (Lipinski definition) is 1. The minimum atomic E-state index is -0.243. The second kappa shape index (κ2) is 8.61. The number of thiazole rings is 1. The summed E-state index contributed by atoms with van der Waals surface area (Å²) < 4.78 is 2.74. The molecule has 0 spiro atoms. The molecule has 0 atom stereocenters. The number of amides is 1. The van der Waals surface area contributed by atoms with E-state index in [4.69, 9.17) is 0 Å². The van der Waals surface area contributed by atoms with Crippen LogP contribution < -0.4 is 10.9 Å². The molecule has 2 aromatic heterocycles. The van der Waals surface area contributed by atoms with Crippen LogP contribution in [-0.4, -0.2) is 26.8 Å². The van der Waals surface area contributed by atoms with Crippen molar-refractivity contribution in [3.05, 3.63) is 44.3 Å². The summed E-state index contributed by atoms with van der Waals surface area (Å²) in [5.74, 6) is -0.243. The standard InChI is InChI=1S/C20H27N3O2S2/c1-5-17-12(2)10-16(19(25)23(17)4)18(24)22-14-6-8-15(9-7-14)27-20-21-13(3)11-26-20/h10-11,14-15H,5-9H2,1-4H3,(H,22,24). The molecule has 1 aliphatic rings. The quantitative estimate of drug-likeness (QED) is 0.821. The predicted molar refractivity (Wildman–Crippen MR) is 112 cm³/mol. The Kier molecular flexibility index (Phi) is 6.42. The van der Waals surface area contributed by atoms with Gasteiger partial charge < -0.3 is 9.88 Å². The third-order valence-electron chi connectivity index (χ3n) is 5.21. The molecule has 0 aliphatic heterocycles. The number of carbonyl (C=O) groups is 1. The first-order valence-corrected chi connectivity index (χ1v) is 11.2. The lowest BCUT2D eigenvalue weighted by Gasteiger charge is -2.28. The summed E-state index contributed by atoms with van der Waals surface area (Å²) in [5.41, 5.74) is 3.09. The van der Waals surface area contributed by atoms with Gasteiger partial charge in [-0.1, -0.05) is 18.7 Å². The lowest BCUT2D eigenvalue weighted by molar-refractivity contribution is 0.0926. The van der Waals surface area contributed by atoms with E-state index < -0.39 is 0 Å². The number of carbonyl (C=O) groups excluding carboxylic acids is 1. The van der Waals surface area contributed by atoms with Crippen LogP contribution in [0.25, 0.3) is 0 Å². The van der Waals surface area contributed by atoms with Crippen molar-refractivity contribution < 1.29 is 4.79 Å². The highest BCUT2D eigenvalue weighted by molar-refractivity contribution is 8.01. The molecule has 27 heavy (non-hydrogen) atoms. The minimum Gasteiger partial charge on any atom is -0.349 e.